The van der Waals surface area contributed by atoms with Crippen molar-refractivity contribution in [1.29, 1.82) is 0 Å². The minimum Gasteiger partial charge on any atom is -0.467 e. The Morgan fingerprint density at radius 1 is 1.27 bits per heavy atom. The maximum atomic E-state index is 5.80. The molecule has 26 heavy (non-hydrogen) atoms. The molecule has 7 nitrogen and oxygen atoms in total. The topological polar surface area (TPSA) is 81.2 Å². The van der Waals surface area contributed by atoms with Crippen molar-refractivity contribution in [2.45, 2.75) is 39.7 Å². The van der Waals surface area contributed by atoms with E-state index in [2.05, 4.69) is 31.9 Å². The Bertz CT molecular complexity index is 715. The molecule has 1 aliphatic heterocycles. The molecular weight excluding hydrogens is 330 g/mol. The van der Waals surface area contributed by atoms with E-state index in [9.17, 15) is 0 Å². The number of piperidine rings is 1. The fourth-order valence-electron chi connectivity index (χ4n) is 3.17. The van der Waals surface area contributed by atoms with Crippen LogP contribution >= 0.6 is 0 Å². The maximum absolute atomic E-state index is 5.80. The molecule has 7 heteroatoms. The number of rotatable bonds is 7. The molecule has 0 radical (unpaired) electrons. The van der Waals surface area contributed by atoms with E-state index in [1.54, 1.807) is 6.20 Å². The third kappa shape index (κ3) is 4.68. The van der Waals surface area contributed by atoms with E-state index in [0.29, 0.717) is 24.3 Å². The van der Waals surface area contributed by atoms with Gasteiger partial charge in [-0.25, -0.2) is 4.98 Å². The smallest absolute Gasteiger partial charge is 0.242 e. The normalized spacial score (nSPS) is 17.1. The predicted octanol–water partition coefficient (Wildman–Crippen LogP) is 2.69. The minimum atomic E-state index is 0.210. The Hall–Kier alpha value is -2.25. The molecule has 1 atom stereocenters. The van der Waals surface area contributed by atoms with E-state index in [4.69, 9.17) is 9.47 Å². The molecular formula is C19H27N5O2. The number of aromatic nitrogens is 3. The molecule has 2 N–H and O–H groups in total. The second-order valence-electron chi connectivity index (χ2n) is 6.56. The molecule has 0 amide bonds. The van der Waals surface area contributed by atoms with Crippen LogP contribution in [0.15, 0.2) is 18.3 Å². The number of nitrogens with one attached hydrogen (secondary N) is 2. The molecule has 0 bridgehead atoms. The van der Waals surface area contributed by atoms with Gasteiger partial charge in [0.1, 0.15) is 11.4 Å². The Balaban J connectivity index is 1.79. The Kier molecular flexibility index (Phi) is 6.35. The highest BCUT2D eigenvalue weighted by Gasteiger charge is 2.16. The van der Waals surface area contributed by atoms with Crippen molar-refractivity contribution < 1.29 is 9.47 Å². The van der Waals surface area contributed by atoms with Gasteiger partial charge >= 0.3 is 0 Å². The summed E-state index contributed by atoms with van der Waals surface area (Å²) in [4.78, 5) is 4.45. The summed E-state index contributed by atoms with van der Waals surface area (Å²) >= 11 is 0. The van der Waals surface area contributed by atoms with Crippen LogP contribution in [0.1, 0.15) is 30.9 Å². The molecule has 1 aliphatic rings. The van der Waals surface area contributed by atoms with Crippen LogP contribution in [0.5, 0.6) is 5.75 Å². The monoisotopic (exact) mass is 357 g/mol. The third-order valence-corrected chi connectivity index (χ3v) is 4.39. The van der Waals surface area contributed by atoms with Crippen LogP contribution in [0.3, 0.4) is 0 Å². The number of anilines is 1. The SMILES string of the molecule is CCOCOc1cc(C)cc(C)c1-c1cnc(N[C@@H]2CCCNC2)nn1. The molecule has 1 aromatic heterocycles. The first-order valence-corrected chi connectivity index (χ1v) is 9.16. The van der Waals surface area contributed by atoms with Gasteiger partial charge < -0.3 is 20.1 Å². The molecule has 0 unspecified atom stereocenters. The fraction of sp³-hybridized carbons (Fsp3) is 0.526. The van der Waals surface area contributed by atoms with Crippen molar-refractivity contribution in [3.05, 3.63) is 29.5 Å². The molecule has 2 heterocycles. The summed E-state index contributed by atoms with van der Waals surface area (Å²) in [6, 6.07) is 4.44. The fourth-order valence-corrected chi connectivity index (χ4v) is 3.17. The molecule has 0 aliphatic carbocycles. The van der Waals surface area contributed by atoms with Crippen LogP contribution in [0, 0.1) is 13.8 Å². The van der Waals surface area contributed by atoms with Gasteiger partial charge in [0, 0.05) is 24.8 Å². The van der Waals surface area contributed by atoms with E-state index in [1.165, 1.54) is 0 Å². The summed E-state index contributed by atoms with van der Waals surface area (Å²) in [5.74, 6) is 1.30. The Labute approximate surface area is 154 Å². The quantitative estimate of drug-likeness (QED) is 0.582. The van der Waals surface area contributed by atoms with Gasteiger partial charge in [-0.2, -0.15) is 0 Å². The maximum Gasteiger partial charge on any atom is 0.242 e. The van der Waals surface area contributed by atoms with Gasteiger partial charge in [0.05, 0.1) is 6.20 Å². The number of benzene rings is 1. The molecule has 2 aromatic rings. The second kappa shape index (κ2) is 8.91. The van der Waals surface area contributed by atoms with E-state index in [-0.39, 0.29) is 6.79 Å². The van der Waals surface area contributed by atoms with Gasteiger partial charge in [-0.3, -0.25) is 0 Å². The molecule has 1 saturated heterocycles. The van der Waals surface area contributed by atoms with Crippen molar-refractivity contribution in [3.8, 4) is 17.0 Å². The zero-order chi connectivity index (χ0) is 18.4. The summed E-state index contributed by atoms with van der Waals surface area (Å²) in [5.41, 5.74) is 3.80. The summed E-state index contributed by atoms with van der Waals surface area (Å²) < 4.78 is 11.1. The van der Waals surface area contributed by atoms with Gasteiger partial charge in [-0.05, 0) is 57.4 Å². The number of aryl methyl sites for hydroxylation is 2. The van der Waals surface area contributed by atoms with Crippen molar-refractivity contribution >= 4 is 5.95 Å². The van der Waals surface area contributed by atoms with Crippen molar-refractivity contribution in [2.75, 3.05) is 31.8 Å². The lowest BCUT2D eigenvalue weighted by atomic mass is 10.0. The molecule has 140 valence electrons. The first-order chi connectivity index (χ1) is 12.7. The second-order valence-corrected chi connectivity index (χ2v) is 6.56. The molecule has 0 spiro atoms. The minimum absolute atomic E-state index is 0.210. The van der Waals surface area contributed by atoms with Crippen LogP contribution in [-0.2, 0) is 4.74 Å². The van der Waals surface area contributed by atoms with E-state index in [1.807, 2.05) is 26.8 Å². The van der Waals surface area contributed by atoms with Gasteiger partial charge in [0.2, 0.25) is 5.95 Å². The van der Waals surface area contributed by atoms with Crippen LogP contribution in [0.4, 0.5) is 5.95 Å². The summed E-state index contributed by atoms with van der Waals surface area (Å²) in [5, 5.41) is 15.4. The number of nitrogens with zero attached hydrogens (tertiary/aromatic N) is 3. The molecule has 0 saturated carbocycles. The average Bonchev–Trinajstić information content (AvgIpc) is 2.63. The first-order valence-electron chi connectivity index (χ1n) is 9.16. The van der Waals surface area contributed by atoms with Crippen LogP contribution in [-0.4, -0.2) is 47.7 Å². The number of hydrogen-bond donors (Lipinski definition) is 2. The van der Waals surface area contributed by atoms with Crippen LogP contribution < -0.4 is 15.4 Å². The zero-order valence-corrected chi connectivity index (χ0v) is 15.7. The number of hydrogen-bond acceptors (Lipinski definition) is 7. The van der Waals surface area contributed by atoms with Crippen LogP contribution in [0.25, 0.3) is 11.3 Å². The highest BCUT2D eigenvalue weighted by Crippen LogP contribution is 2.33. The number of ether oxygens (including phenoxy) is 2. The van der Waals surface area contributed by atoms with E-state index in [0.717, 1.165) is 48.4 Å². The van der Waals surface area contributed by atoms with Crippen molar-refractivity contribution in [3.63, 3.8) is 0 Å². The van der Waals surface area contributed by atoms with Gasteiger partial charge in [0.15, 0.2) is 6.79 Å². The highest BCUT2D eigenvalue weighted by molar-refractivity contribution is 5.71. The molecule has 1 fully saturated rings. The zero-order valence-electron chi connectivity index (χ0n) is 15.7. The van der Waals surface area contributed by atoms with Gasteiger partial charge in [-0.15, -0.1) is 10.2 Å². The van der Waals surface area contributed by atoms with E-state index < -0.39 is 0 Å². The Morgan fingerprint density at radius 2 is 2.15 bits per heavy atom. The standard InChI is InChI=1S/C19H27N5O2/c1-4-25-12-26-17-9-13(2)8-14(3)18(17)16-11-21-19(24-23-16)22-15-6-5-7-20-10-15/h8-9,11,15,20H,4-7,10,12H2,1-3H3,(H,21,22,24)/t15-/m1/s1. The lowest BCUT2D eigenvalue weighted by molar-refractivity contribution is 0.0227. The molecule has 1 aromatic carbocycles. The van der Waals surface area contributed by atoms with Gasteiger partial charge in [-0.1, -0.05) is 6.07 Å². The highest BCUT2D eigenvalue weighted by atomic mass is 16.7. The van der Waals surface area contributed by atoms with Gasteiger partial charge in [0.25, 0.3) is 0 Å². The summed E-state index contributed by atoms with van der Waals surface area (Å²) in [6.45, 7) is 8.84. The molecule has 3 rings (SSSR count). The lowest BCUT2D eigenvalue weighted by Crippen LogP contribution is -2.38. The largest absolute Gasteiger partial charge is 0.467 e. The first kappa shape index (κ1) is 18.5. The lowest BCUT2D eigenvalue weighted by Gasteiger charge is -2.23. The Morgan fingerprint density at radius 3 is 2.85 bits per heavy atom. The summed E-state index contributed by atoms with van der Waals surface area (Å²) in [7, 11) is 0. The third-order valence-electron chi connectivity index (χ3n) is 4.39. The predicted molar refractivity (Wildman–Crippen MR) is 101 cm³/mol. The van der Waals surface area contributed by atoms with Crippen molar-refractivity contribution in [1.82, 2.24) is 20.5 Å². The van der Waals surface area contributed by atoms with Crippen molar-refractivity contribution in [2.24, 2.45) is 0 Å². The van der Waals surface area contributed by atoms with E-state index >= 15 is 0 Å². The van der Waals surface area contributed by atoms with Crippen LogP contribution in [0.2, 0.25) is 0 Å². The average molecular weight is 357 g/mol. The summed E-state index contributed by atoms with van der Waals surface area (Å²) in [6.07, 6.45) is 4.02.